The Hall–Kier alpha value is -0.410. The zero-order valence-electron chi connectivity index (χ0n) is 20.7. The number of likely N-dealkylation sites (tertiary alicyclic amines) is 1. The summed E-state index contributed by atoms with van der Waals surface area (Å²) in [5, 5.41) is 10.3. The van der Waals surface area contributed by atoms with Gasteiger partial charge in [0, 0.05) is 24.9 Å². The molecule has 12 atom stereocenters. The summed E-state index contributed by atoms with van der Waals surface area (Å²) in [6.07, 6.45) is 10.1. The summed E-state index contributed by atoms with van der Waals surface area (Å²) < 4.78 is 0. The maximum absolute atomic E-state index is 13.2. The lowest BCUT2D eigenvalue weighted by Crippen LogP contribution is -2.51. The Labute approximate surface area is 190 Å². The molecule has 176 valence electrons. The highest BCUT2D eigenvalue weighted by Gasteiger charge is 2.61. The van der Waals surface area contributed by atoms with Crippen molar-refractivity contribution in [2.45, 2.75) is 97.6 Å². The average Bonchev–Trinajstić information content (AvgIpc) is 3.10. The van der Waals surface area contributed by atoms with Crippen LogP contribution in [-0.4, -0.2) is 41.5 Å². The number of fused-ring (bicyclic) bond motifs is 5. The number of ketones is 1. The molecule has 5 fully saturated rings. The summed E-state index contributed by atoms with van der Waals surface area (Å²) in [4.78, 5) is 15.9. The lowest BCUT2D eigenvalue weighted by molar-refractivity contribution is -0.145. The first-order chi connectivity index (χ1) is 14.7. The first-order valence-electron chi connectivity index (χ1n) is 13.6. The second kappa shape index (κ2) is 8.12. The lowest BCUT2D eigenvalue weighted by Gasteiger charge is -2.52. The highest BCUT2D eigenvalue weighted by atomic mass is 16.3. The molecule has 0 amide bonds. The molecule has 1 N–H and O–H groups in total. The smallest absolute Gasteiger partial charge is 0.136 e. The standard InChI is InChI=1S/C28H47NO2/c1-16-6-9-26(29(5)15-16)18(3)20-7-8-21-22(17(20)2)13-24-23(21)14-27(31)25-12-19(30)10-11-28(24,25)4/h16-26,30H,6-15H2,1-5H3/t16-,17-,18-,19-,20+,21+,22-,23+,24-,25+,26+,28+/m1/s1. The molecule has 1 heterocycles. The molecule has 0 aromatic heterocycles. The monoisotopic (exact) mass is 429 g/mol. The molecule has 3 nitrogen and oxygen atoms in total. The van der Waals surface area contributed by atoms with Crippen LogP contribution < -0.4 is 0 Å². The van der Waals surface area contributed by atoms with Gasteiger partial charge in [-0.15, -0.1) is 0 Å². The average molecular weight is 430 g/mol. The van der Waals surface area contributed by atoms with Crippen LogP contribution in [-0.2, 0) is 4.79 Å². The van der Waals surface area contributed by atoms with Crippen LogP contribution in [0.1, 0.15) is 85.5 Å². The van der Waals surface area contributed by atoms with Gasteiger partial charge in [0.05, 0.1) is 6.10 Å². The summed E-state index contributed by atoms with van der Waals surface area (Å²) in [6.45, 7) is 11.2. The van der Waals surface area contributed by atoms with Gasteiger partial charge in [-0.2, -0.15) is 0 Å². The Kier molecular flexibility index (Phi) is 5.86. The molecule has 0 radical (unpaired) electrons. The van der Waals surface area contributed by atoms with E-state index in [1.54, 1.807) is 0 Å². The molecule has 3 heteroatoms. The second-order valence-corrected chi connectivity index (χ2v) is 13.1. The summed E-state index contributed by atoms with van der Waals surface area (Å²) in [5.74, 6) is 6.82. The third-order valence-corrected chi connectivity index (χ3v) is 11.7. The van der Waals surface area contributed by atoms with Crippen molar-refractivity contribution in [3.63, 3.8) is 0 Å². The van der Waals surface area contributed by atoms with E-state index in [4.69, 9.17) is 0 Å². The van der Waals surface area contributed by atoms with Crippen molar-refractivity contribution >= 4 is 5.78 Å². The van der Waals surface area contributed by atoms with E-state index in [0.29, 0.717) is 17.6 Å². The van der Waals surface area contributed by atoms with Crippen LogP contribution in [0.25, 0.3) is 0 Å². The van der Waals surface area contributed by atoms with Crippen molar-refractivity contribution in [1.82, 2.24) is 4.90 Å². The Morgan fingerprint density at radius 3 is 2.55 bits per heavy atom. The van der Waals surface area contributed by atoms with Crippen molar-refractivity contribution in [3.05, 3.63) is 0 Å². The minimum atomic E-state index is -0.249. The maximum Gasteiger partial charge on any atom is 0.136 e. The molecule has 4 aliphatic carbocycles. The van der Waals surface area contributed by atoms with Gasteiger partial charge in [-0.05, 0) is 111 Å². The van der Waals surface area contributed by atoms with E-state index in [1.807, 2.05) is 0 Å². The zero-order valence-corrected chi connectivity index (χ0v) is 20.7. The number of aliphatic hydroxyl groups is 1. The molecular formula is C28H47NO2. The number of hydrogen-bond donors (Lipinski definition) is 1. The second-order valence-electron chi connectivity index (χ2n) is 13.1. The van der Waals surface area contributed by atoms with Gasteiger partial charge in [-0.3, -0.25) is 4.79 Å². The molecule has 5 rings (SSSR count). The highest BCUT2D eigenvalue weighted by Crippen LogP contribution is 2.65. The van der Waals surface area contributed by atoms with Crippen molar-refractivity contribution in [3.8, 4) is 0 Å². The third-order valence-electron chi connectivity index (χ3n) is 11.7. The normalized spacial score (nSPS) is 54.1. The fraction of sp³-hybridized carbons (Fsp3) is 0.964. The molecule has 4 saturated carbocycles. The largest absolute Gasteiger partial charge is 0.393 e. The minimum Gasteiger partial charge on any atom is -0.393 e. The SMILES string of the molecule is C[C@@H]1CC[C@@H]([C@H](C)[C@H]2CC[C@H]3[C@H](C[C@@H]4[C@H]3CC(=O)[C@@H]3C[C@H](O)CC[C@@]43C)[C@@H]2C)N(C)C1. The van der Waals surface area contributed by atoms with Crippen LogP contribution in [0.5, 0.6) is 0 Å². The Morgan fingerprint density at radius 1 is 1.03 bits per heavy atom. The quantitative estimate of drug-likeness (QED) is 0.638. The number of nitrogens with zero attached hydrogens (tertiary/aromatic N) is 1. The van der Waals surface area contributed by atoms with E-state index in [2.05, 4.69) is 39.6 Å². The van der Waals surface area contributed by atoms with Gasteiger partial charge in [-0.1, -0.05) is 27.7 Å². The summed E-state index contributed by atoms with van der Waals surface area (Å²) in [6, 6.07) is 0.757. The molecular weight excluding hydrogens is 382 g/mol. The van der Waals surface area contributed by atoms with Crippen molar-refractivity contribution in [2.75, 3.05) is 13.6 Å². The fourth-order valence-corrected chi connectivity index (χ4v) is 10.0. The molecule has 1 aliphatic heterocycles. The summed E-state index contributed by atoms with van der Waals surface area (Å²) >= 11 is 0. The Bertz CT molecular complexity index is 692. The van der Waals surface area contributed by atoms with Crippen molar-refractivity contribution < 1.29 is 9.90 Å². The van der Waals surface area contributed by atoms with Crippen LogP contribution in [0.3, 0.4) is 0 Å². The zero-order chi connectivity index (χ0) is 22.1. The first kappa shape index (κ1) is 22.4. The van der Waals surface area contributed by atoms with Gasteiger partial charge in [-0.25, -0.2) is 0 Å². The van der Waals surface area contributed by atoms with E-state index < -0.39 is 0 Å². The van der Waals surface area contributed by atoms with Gasteiger partial charge >= 0.3 is 0 Å². The van der Waals surface area contributed by atoms with Gasteiger partial charge in [0.2, 0.25) is 0 Å². The summed E-state index contributed by atoms with van der Waals surface area (Å²) in [5.41, 5.74) is 0.150. The highest BCUT2D eigenvalue weighted by molar-refractivity contribution is 5.83. The molecule has 0 spiro atoms. The maximum atomic E-state index is 13.2. The van der Waals surface area contributed by atoms with Crippen molar-refractivity contribution in [2.24, 2.45) is 58.7 Å². The van der Waals surface area contributed by atoms with Gasteiger partial charge in [0.25, 0.3) is 0 Å². The molecule has 0 bridgehead atoms. The predicted molar refractivity (Wildman–Crippen MR) is 126 cm³/mol. The topological polar surface area (TPSA) is 40.5 Å². The van der Waals surface area contributed by atoms with Gasteiger partial charge in [0.15, 0.2) is 0 Å². The lowest BCUT2D eigenvalue weighted by atomic mass is 9.51. The Morgan fingerprint density at radius 2 is 1.81 bits per heavy atom. The molecule has 5 aliphatic rings. The van der Waals surface area contributed by atoms with E-state index in [-0.39, 0.29) is 17.4 Å². The van der Waals surface area contributed by atoms with Crippen LogP contribution in [0.15, 0.2) is 0 Å². The number of piperidine rings is 1. The Balaban J connectivity index is 1.34. The number of rotatable bonds is 2. The van der Waals surface area contributed by atoms with Crippen LogP contribution in [0, 0.1) is 58.7 Å². The van der Waals surface area contributed by atoms with Crippen LogP contribution in [0.2, 0.25) is 0 Å². The molecule has 1 saturated heterocycles. The van der Waals surface area contributed by atoms with E-state index in [1.165, 1.54) is 38.6 Å². The van der Waals surface area contributed by atoms with Crippen LogP contribution >= 0.6 is 0 Å². The predicted octanol–water partition coefficient (Wildman–Crippen LogP) is 5.41. The van der Waals surface area contributed by atoms with Crippen molar-refractivity contribution in [1.29, 1.82) is 0 Å². The van der Waals surface area contributed by atoms with Gasteiger partial charge in [0.1, 0.15) is 5.78 Å². The number of carbonyl (C=O) groups is 1. The first-order valence-corrected chi connectivity index (χ1v) is 13.6. The van der Waals surface area contributed by atoms with E-state index >= 15 is 0 Å². The van der Waals surface area contributed by atoms with E-state index in [9.17, 15) is 9.90 Å². The minimum absolute atomic E-state index is 0.126. The molecule has 31 heavy (non-hydrogen) atoms. The fourth-order valence-electron chi connectivity index (χ4n) is 10.0. The molecule has 0 unspecified atom stereocenters. The molecule has 0 aromatic rings. The summed E-state index contributed by atoms with van der Waals surface area (Å²) in [7, 11) is 2.36. The van der Waals surface area contributed by atoms with Gasteiger partial charge < -0.3 is 10.0 Å². The number of aliphatic hydroxyl groups excluding tert-OH is 1. The number of hydrogen-bond acceptors (Lipinski definition) is 3. The number of Topliss-reactive ketones (excluding diaryl/α,β-unsaturated/α-hetero) is 1. The third kappa shape index (κ3) is 3.56. The number of carbonyl (C=O) groups excluding carboxylic acids is 1. The van der Waals surface area contributed by atoms with E-state index in [0.717, 1.165) is 67.2 Å². The van der Waals surface area contributed by atoms with Crippen LogP contribution in [0.4, 0.5) is 0 Å². The molecule has 0 aromatic carbocycles.